The number of ketones is 2. The quantitative estimate of drug-likeness (QED) is 0.530. The van der Waals surface area contributed by atoms with Crippen molar-refractivity contribution in [1.82, 2.24) is 4.57 Å². The molecular weight excluding hydrogens is 312 g/mol. The molecule has 0 aliphatic rings. The van der Waals surface area contributed by atoms with E-state index in [1.165, 1.54) is 6.92 Å². The molecule has 0 fully saturated rings. The number of benzene rings is 1. The predicted octanol–water partition coefficient (Wildman–Crippen LogP) is 3.47. The molecule has 0 aliphatic carbocycles. The van der Waals surface area contributed by atoms with Crippen LogP contribution in [0.3, 0.4) is 0 Å². The topological polar surface area (TPSA) is 42.9 Å². The second-order valence-electron chi connectivity index (χ2n) is 6.20. The highest BCUT2D eigenvalue weighted by atomic mass is 16.1. The second kappa shape index (κ2) is 6.85. The molecule has 2 aromatic heterocycles. The van der Waals surface area contributed by atoms with Crippen LogP contribution in [0.15, 0.2) is 60.9 Å². The van der Waals surface area contributed by atoms with Crippen molar-refractivity contribution in [3.05, 3.63) is 83.4 Å². The monoisotopic (exact) mass is 333 g/mol. The molecule has 4 heteroatoms. The van der Waals surface area contributed by atoms with Crippen molar-refractivity contribution in [2.45, 2.75) is 27.3 Å². The molecule has 0 atom stereocenters. The number of pyridine rings is 1. The van der Waals surface area contributed by atoms with Gasteiger partial charge in [-0.15, -0.1) is 0 Å². The molecule has 0 amide bonds. The molecule has 3 rings (SSSR count). The maximum Gasteiger partial charge on any atom is 0.229 e. The fourth-order valence-corrected chi connectivity index (χ4v) is 3.10. The fraction of sp³-hybridized carbons (Fsp3) is 0.190. The Balaban J connectivity index is 1.91. The van der Waals surface area contributed by atoms with Gasteiger partial charge < -0.3 is 4.57 Å². The first-order valence-corrected chi connectivity index (χ1v) is 8.25. The molecule has 0 radical (unpaired) electrons. The lowest BCUT2D eigenvalue weighted by molar-refractivity contribution is -0.683. The Kier molecular flexibility index (Phi) is 4.61. The van der Waals surface area contributed by atoms with E-state index in [9.17, 15) is 9.59 Å². The third kappa shape index (κ3) is 3.43. The van der Waals surface area contributed by atoms with E-state index in [-0.39, 0.29) is 18.1 Å². The number of hydrogen-bond donors (Lipinski definition) is 0. The highest BCUT2D eigenvalue weighted by Crippen LogP contribution is 2.21. The lowest BCUT2D eigenvalue weighted by atomic mass is 10.1. The number of para-hydroxylation sites is 1. The van der Waals surface area contributed by atoms with Crippen LogP contribution < -0.4 is 4.57 Å². The Morgan fingerprint density at radius 1 is 1.04 bits per heavy atom. The molecule has 0 N–H and O–H groups in total. The molecule has 0 spiro atoms. The Bertz CT molecular complexity index is 940. The third-order valence-corrected chi connectivity index (χ3v) is 4.34. The summed E-state index contributed by atoms with van der Waals surface area (Å²) in [5, 5.41) is 0. The zero-order chi connectivity index (χ0) is 18.0. The van der Waals surface area contributed by atoms with Crippen LogP contribution in [0, 0.1) is 13.8 Å². The van der Waals surface area contributed by atoms with Crippen LogP contribution in [-0.2, 0) is 6.54 Å². The van der Waals surface area contributed by atoms with Crippen molar-refractivity contribution in [3.63, 3.8) is 0 Å². The van der Waals surface area contributed by atoms with Gasteiger partial charge in [0.05, 0.1) is 5.56 Å². The number of carbonyl (C=O) groups excluding carboxylic acids is 2. The number of aryl methyl sites for hydroxylation is 1. The molecule has 0 saturated heterocycles. The summed E-state index contributed by atoms with van der Waals surface area (Å²) in [6.45, 7) is 5.69. The van der Waals surface area contributed by atoms with Crippen LogP contribution in [0.1, 0.15) is 39.0 Å². The van der Waals surface area contributed by atoms with Crippen molar-refractivity contribution >= 4 is 11.6 Å². The van der Waals surface area contributed by atoms with Crippen LogP contribution >= 0.6 is 0 Å². The smallest absolute Gasteiger partial charge is 0.229 e. The predicted molar refractivity (Wildman–Crippen MR) is 96.2 cm³/mol. The summed E-state index contributed by atoms with van der Waals surface area (Å²) in [4.78, 5) is 24.3. The standard InChI is InChI=1S/C21H21N2O2/c1-15-12-20(16(2)23(15)19-9-5-4-6-10-19)21(25)14-22-11-7-8-18(13-22)17(3)24/h4-13H,14H2,1-3H3/q+1. The molecule has 0 aliphatic heterocycles. The molecule has 25 heavy (non-hydrogen) atoms. The summed E-state index contributed by atoms with van der Waals surface area (Å²) in [5.41, 5.74) is 4.31. The molecule has 0 saturated carbocycles. The summed E-state index contributed by atoms with van der Waals surface area (Å²) in [6.07, 6.45) is 3.53. The first kappa shape index (κ1) is 16.8. The van der Waals surface area contributed by atoms with Crippen molar-refractivity contribution in [2.24, 2.45) is 0 Å². The maximum atomic E-state index is 12.8. The zero-order valence-electron chi connectivity index (χ0n) is 14.7. The van der Waals surface area contributed by atoms with E-state index in [1.54, 1.807) is 29.1 Å². The Morgan fingerprint density at radius 2 is 1.76 bits per heavy atom. The lowest BCUT2D eigenvalue weighted by Crippen LogP contribution is -2.38. The van der Waals surface area contributed by atoms with Gasteiger partial charge in [-0.1, -0.05) is 18.2 Å². The molecule has 2 heterocycles. The van der Waals surface area contributed by atoms with Crippen LogP contribution in [0.2, 0.25) is 0 Å². The number of aromatic nitrogens is 2. The number of carbonyl (C=O) groups is 2. The van der Waals surface area contributed by atoms with Gasteiger partial charge in [0.15, 0.2) is 18.2 Å². The van der Waals surface area contributed by atoms with Gasteiger partial charge in [0.2, 0.25) is 12.3 Å². The van der Waals surface area contributed by atoms with Crippen LogP contribution in [0.5, 0.6) is 0 Å². The summed E-state index contributed by atoms with van der Waals surface area (Å²) < 4.78 is 3.84. The Hall–Kier alpha value is -3.01. The first-order chi connectivity index (χ1) is 12.0. The van der Waals surface area contributed by atoms with E-state index in [0.717, 1.165) is 17.1 Å². The average Bonchev–Trinajstić information content (AvgIpc) is 2.90. The number of hydrogen-bond acceptors (Lipinski definition) is 2. The van der Waals surface area contributed by atoms with Crippen molar-refractivity contribution in [1.29, 1.82) is 0 Å². The summed E-state index contributed by atoms with van der Waals surface area (Å²) >= 11 is 0. The average molecular weight is 333 g/mol. The van der Waals surface area contributed by atoms with Crippen molar-refractivity contribution in [2.75, 3.05) is 0 Å². The minimum absolute atomic E-state index is 0.0101. The van der Waals surface area contributed by atoms with Gasteiger partial charge in [-0.3, -0.25) is 9.59 Å². The molecule has 0 unspecified atom stereocenters. The number of rotatable bonds is 5. The molecule has 1 aromatic carbocycles. The van der Waals surface area contributed by atoms with Crippen LogP contribution in [0.4, 0.5) is 0 Å². The van der Waals surface area contributed by atoms with E-state index in [1.807, 2.05) is 50.2 Å². The largest absolute Gasteiger partial charge is 0.318 e. The highest BCUT2D eigenvalue weighted by Gasteiger charge is 2.20. The van der Waals surface area contributed by atoms with Gasteiger partial charge in [-0.25, -0.2) is 0 Å². The van der Waals surface area contributed by atoms with Gasteiger partial charge in [0.25, 0.3) is 0 Å². The molecular formula is C21H21N2O2+. The summed E-state index contributed by atoms with van der Waals surface area (Å²) in [7, 11) is 0. The van der Waals surface area contributed by atoms with E-state index in [4.69, 9.17) is 0 Å². The first-order valence-electron chi connectivity index (χ1n) is 8.25. The zero-order valence-corrected chi connectivity index (χ0v) is 14.7. The molecule has 3 aromatic rings. The van der Waals surface area contributed by atoms with Crippen molar-refractivity contribution < 1.29 is 14.2 Å². The minimum atomic E-state index is -0.0101. The number of nitrogens with zero attached hydrogens (tertiary/aromatic N) is 2. The fourth-order valence-electron chi connectivity index (χ4n) is 3.10. The molecule has 0 bridgehead atoms. The van der Waals surface area contributed by atoms with Crippen LogP contribution in [0.25, 0.3) is 5.69 Å². The van der Waals surface area contributed by atoms with Crippen LogP contribution in [-0.4, -0.2) is 16.1 Å². The van der Waals surface area contributed by atoms with E-state index < -0.39 is 0 Å². The van der Waals surface area contributed by atoms with Gasteiger partial charge in [-0.05, 0) is 45.0 Å². The van der Waals surface area contributed by atoms with E-state index >= 15 is 0 Å². The Morgan fingerprint density at radius 3 is 2.44 bits per heavy atom. The summed E-state index contributed by atoms with van der Waals surface area (Å²) in [5.74, 6) is 0.0186. The normalized spacial score (nSPS) is 10.7. The van der Waals surface area contributed by atoms with Crippen molar-refractivity contribution in [3.8, 4) is 5.69 Å². The molecule has 4 nitrogen and oxygen atoms in total. The van der Waals surface area contributed by atoms with Gasteiger partial charge in [0, 0.05) is 28.7 Å². The SMILES string of the molecule is CC(=O)c1ccc[n+](CC(=O)c2cc(C)n(-c3ccccc3)c2C)c1. The highest BCUT2D eigenvalue weighted by molar-refractivity contribution is 5.97. The second-order valence-corrected chi connectivity index (χ2v) is 6.20. The maximum absolute atomic E-state index is 12.8. The van der Waals surface area contributed by atoms with E-state index in [0.29, 0.717) is 11.1 Å². The lowest BCUT2D eigenvalue weighted by Gasteiger charge is -2.09. The van der Waals surface area contributed by atoms with Gasteiger partial charge in [-0.2, -0.15) is 4.57 Å². The van der Waals surface area contributed by atoms with Gasteiger partial charge >= 0.3 is 0 Å². The minimum Gasteiger partial charge on any atom is -0.318 e. The third-order valence-electron chi connectivity index (χ3n) is 4.34. The summed E-state index contributed by atoms with van der Waals surface area (Å²) in [6, 6.07) is 15.5. The Labute approximate surface area is 147 Å². The van der Waals surface area contributed by atoms with E-state index in [2.05, 4.69) is 4.57 Å². The van der Waals surface area contributed by atoms with Gasteiger partial charge in [0.1, 0.15) is 0 Å². The number of Topliss-reactive ketones (excluding diaryl/α,β-unsaturated/α-hetero) is 2. The molecule has 126 valence electrons.